The second kappa shape index (κ2) is 5.80. The fourth-order valence-electron chi connectivity index (χ4n) is 1.64. The van der Waals surface area contributed by atoms with E-state index in [1.807, 2.05) is 0 Å². The standard InChI is InChI=1S/C10H15F2NO2/c11-8-4-3-7-13(10(8)12)6-2-1-5-9(14)15/h1,5,8,10H,2-4,6-7H2,(H,14,15). The first-order valence-corrected chi connectivity index (χ1v) is 5.03. The largest absolute Gasteiger partial charge is 0.478 e. The van der Waals surface area contributed by atoms with E-state index in [0.29, 0.717) is 25.9 Å². The molecule has 2 atom stereocenters. The summed E-state index contributed by atoms with van der Waals surface area (Å²) < 4.78 is 26.2. The molecule has 86 valence electrons. The number of carboxylic acid groups (broad SMARTS) is 1. The molecule has 0 aliphatic carbocycles. The van der Waals surface area contributed by atoms with Gasteiger partial charge in [-0.2, -0.15) is 0 Å². The van der Waals surface area contributed by atoms with Crippen LogP contribution in [0.15, 0.2) is 12.2 Å². The van der Waals surface area contributed by atoms with Crippen molar-refractivity contribution in [2.45, 2.75) is 31.7 Å². The number of rotatable bonds is 4. The molecule has 5 heteroatoms. The van der Waals surface area contributed by atoms with Crippen molar-refractivity contribution in [3.05, 3.63) is 12.2 Å². The molecule has 15 heavy (non-hydrogen) atoms. The Morgan fingerprint density at radius 1 is 1.53 bits per heavy atom. The Morgan fingerprint density at radius 3 is 2.93 bits per heavy atom. The zero-order valence-electron chi connectivity index (χ0n) is 8.40. The van der Waals surface area contributed by atoms with Crippen LogP contribution >= 0.6 is 0 Å². The molecule has 0 aromatic heterocycles. The fourth-order valence-corrected chi connectivity index (χ4v) is 1.64. The molecule has 1 aliphatic rings. The molecular formula is C10H15F2NO2. The molecule has 1 fully saturated rings. The lowest BCUT2D eigenvalue weighted by Crippen LogP contribution is -2.43. The number of carboxylic acids is 1. The lowest BCUT2D eigenvalue weighted by atomic mass is 10.1. The monoisotopic (exact) mass is 219 g/mol. The third kappa shape index (κ3) is 3.95. The van der Waals surface area contributed by atoms with E-state index in [2.05, 4.69) is 0 Å². The lowest BCUT2D eigenvalue weighted by molar-refractivity contribution is -0.131. The van der Waals surface area contributed by atoms with Crippen LogP contribution in [0.25, 0.3) is 0 Å². The first-order valence-electron chi connectivity index (χ1n) is 5.03. The number of piperidine rings is 1. The van der Waals surface area contributed by atoms with Gasteiger partial charge in [-0.1, -0.05) is 6.08 Å². The highest BCUT2D eigenvalue weighted by atomic mass is 19.2. The number of aliphatic carboxylic acids is 1. The second-order valence-electron chi connectivity index (χ2n) is 3.60. The van der Waals surface area contributed by atoms with Gasteiger partial charge in [0.25, 0.3) is 0 Å². The van der Waals surface area contributed by atoms with Crippen LogP contribution in [0.5, 0.6) is 0 Å². The van der Waals surface area contributed by atoms with Gasteiger partial charge in [0.15, 0.2) is 6.30 Å². The molecule has 1 saturated heterocycles. The fraction of sp³-hybridized carbons (Fsp3) is 0.700. The maximum Gasteiger partial charge on any atom is 0.327 e. The van der Waals surface area contributed by atoms with Crippen molar-refractivity contribution >= 4 is 5.97 Å². The van der Waals surface area contributed by atoms with Gasteiger partial charge in [0, 0.05) is 19.2 Å². The van der Waals surface area contributed by atoms with Gasteiger partial charge in [0.05, 0.1) is 0 Å². The Morgan fingerprint density at radius 2 is 2.27 bits per heavy atom. The van der Waals surface area contributed by atoms with Gasteiger partial charge in [-0.3, -0.25) is 4.90 Å². The predicted octanol–water partition coefficient (Wildman–Crippen LogP) is 1.75. The first-order chi connectivity index (χ1) is 7.11. The zero-order valence-corrected chi connectivity index (χ0v) is 8.40. The van der Waals surface area contributed by atoms with Crippen molar-refractivity contribution in [2.24, 2.45) is 0 Å². The summed E-state index contributed by atoms with van der Waals surface area (Å²) in [5.74, 6) is -1.02. The summed E-state index contributed by atoms with van der Waals surface area (Å²) in [6, 6.07) is 0. The van der Waals surface area contributed by atoms with Gasteiger partial charge in [-0.05, 0) is 19.3 Å². The summed E-state index contributed by atoms with van der Waals surface area (Å²) in [4.78, 5) is 11.5. The molecule has 0 amide bonds. The van der Waals surface area contributed by atoms with Crippen LogP contribution in [0.4, 0.5) is 8.78 Å². The highest BCUT2D eigenvalue weighted by Gasteiger charge is 2.30. The molecule has 0 aromatic rings. The summed E-state index contributed by atoms with van der Waals surface area (Å²) >= 11 is 0. The summed E-state index contributed by atoms with van der Waals surface area (Å²) in [7, 11) is 0. The van der Waals surface area contributed by atoms with Crippen LogP contribution in [0.3, 0.4) is 0 Å². The van der Waals surface area contributed by atoms with Crippen LogP contribution in [-0.4, -0.2) is 41.5 Å². The van der Waals surface area contributed by atoms with Gasteiger partial charge in [0.1, 0.15) is 6.17 Å². The third-order valence-electron chi connectivity index (χ3n) is 2.42. The van der Waals surface area contributed by atoms with E-state index in [1.165, 1.54) is 11.0 Å². The Kier molecular flexibility index (Phi) is 4.68. The SMILES string of the molecule is O=C(O)C=CCCN1CCCC(F)C1F. The minimum Gasteiger partial charge on any atom is -0.478 e. The Balaban J connectivity index is 2.28. The minimum atomic E-state index is -1.53. The Hall–Kier alpha value is -0.970. The number of hydrogen-bond acceptors (Lipinski definition) is 2. The predicted molar refractivity (Wildman–Crippen MR) is 52.0 cm³/mol. The van der Waals surface area contributed by atoms with Crippen molar-refractivity contribution in [3.63, 3.8) is 0 Å². The smallest absolute Gasteiger partial charge is 0.327 e. The van der Waals surface area contributed by atoms with Crippen molar-refractivity contribution in [1.29, 1.82) is 0 Å². The molecule has 2 unspecified atom stereocenters. The van der Waals surface area contributed by atoms with Crippen molar-refractivity contribution < 1.29 is 18.7 Å². The summed E-state index contributed by atoms with van der Waals surface area (Å²) in [6.07, 6.45) is 0.909. The molecule has 0 radical (unpaired) electrons. The molecule has 3 nitrogen and oxygen atoms in total. The van der Waals surface area contributed by atoms with E-state index in [1.54, 1.807) is 0 Å². The number of nitrogens with zero attached hydrogens (tertiary/aromatic N) is 1. The minimum absolute atomic E-state index is 0.280. The highest BCUT2D eigenvalue weighted by molar-refractivity contribution is 5.79. The van der Waals surface area contributed by atoms with Gasteiger partial charge in [-0.15, -0.1) is 0 Å². The Bertz CT molecular complexity index is 246. The van der Waals surface area contributed by atoms with Gasteiger partial charge >= 0.3 is 5.97 Å². The third-order valence-corrected chi connectivity index (χ3v) is 2.42. The van der Waals surface area contributed by atoms with Gasteiger partial charge < -0.3 is 5.11 Å². The van der Waals surface area contributed by atoms with Gasteiger partial charge in [0.2, 0.25) is 0 Å². The van der Waals surface area contributed by atoms with E-state index in [0.717, 1.165) is 6.08 Å². The molecule has 1 N–H and O–H groups in total. The highest BCUT2D eigenvalue weighted by Crippen LogP contribution is 2.21. The maximum atomic E-state index is 13.2. The molecule has 1 heterocycles. The number of halogens is 2. The average molecular weight is 219 g/mol. The number of carbonyl (C=O) groups is 1. The van der Waals surface area contributed by atoms with Crippen molar-refractivity contribution in [2.75, 3.05) is 13.1 Å². The second-order valence-corrected chi connectivity index (χ2v) is 3.60. The molecule has 1 aliphatic heterocycles. The molecule has 0 saturated carbocycles. The quantitative estimate of drug-likeness (QED) is 0.578. The summed E-state index contributed by atoms with van der Waals surface area (Å²) in [6.45, 7) is 0.911. The summed E-state index contributed by atoms with van der Waals surface area (Å²) in [5.41, 5.74) is 0. The van der Waals surface area contributed by atoms with Crippen LogP contribution in [0.2, 0.25) is 0 Å². The molecule has 0 spiro atoms. The number of likely N-dealkylation sites (tertiary alicyclic amines) is 1. The van der Waals surface area contributed by atoms with Gasteiger partial charge in [-0.25, -0.2) is 13.6 Å². The van der Waals surface area contributed by atoms with E-state index in [-0.39, 0.29) is 6.42 Å². The molecule has 0 bridgehead atoms. The van der Waals surface area contributed by atoms with E-state index in [4.69, 9.17) is 5.11 Å². The van der Waals surface area contributed by atoms with E-state index >= 15 is 0 Å². The summed E-state index contributed by atoms with van der Waals surface area (Å²) in [5, 5.41) is 8.31. The number of hydrogen-bond donors (Lipinski definition) is 1. The van der Waals surface area contributed by atoms with Crippen LogP contribution in [0.1, 0.15) is 19.3 Å². The Labute approximate surface area is 87.4 Å². The van der Waals surface area contributed by atoms with Crippen molar-refractivity contribution in [1.82, 2.24) is 4.90 Å². The maximum absolute atomic E-state index is 13.2. The molecular weight excluding hydrogens is 204 g/mol. The normalized spacial score (nSPS) is 28.4. The van der Waals surface area contributed by atoms with E-state index in [9.17, 15) is 13.6 Å². The topological polar surface area (TPSA) is 40.5 Å². The van der Waals surface area contributed by atoms with Crippen LogP contribution < -0.4 is 0 Å². The number of alkyl halides is 2. The van der Waals surface area contributed by atoms with Crippen molar-refractivity contribution in [3.8, 4) is 0 Å². The lowest BCUT2D eigenvalue weighted by Gasteiger charge is -2.32. The van der Waals surface area contributed by atoms with Crippen LogP contribution in [0, 0.1) is 0 Å². The average Bonchev–Trinajstić information content (AvgIpc) is 2.18. The zero-order chi connectivity index (χ0) is 11.3. The van der Waals surface area contributed by atoms with E-state index < -0.39 is 18.4 Å². The molecule has 0 aromatic carbocycles. The van der Waals surface area contributed by atoms with Crippen LogP contribution in [-0.2, 0) is 4.79 Å². The first kappa shape index (κ1) is 12.1. The molecule has 1 rings (SSSR count).